The van der Waals surface area contributed by atoms with Gasteiger partial charge in [0.15, 0.2) is 0 Å². The molecule has 116 valence electrons. The number of para-hydroxylation sites is 1. The second kappa shape index (κ2) is 6.70. The van der Waals surface area contributed by atoms with Crippen LogP contribution in [0.2, 0.25) is 0 Å². The van der Waals surface area contributed by atoms with Crippen molar-refractivity contribution >= 4 is 11.3 Å². The summed E-state index contributed by atoms with van der Waals surface area (Å²) in [5.74, 6) is 0. The van der Waals surface area contributed by atoms with E-state index < -0.39 is 0 Å². The molecular weight excluding hydrogens is 278 g/mol. The van der Waals surface area contributed by atoms with Crippen molar-refractivity contribution in [1.82, 2.24) is 0 Å². The zero-order valence-electron chi connectivity index (χ0n) is 13.7. The Balaban J connectivity index is 2.11. The molecule has 0 N–H and O–H groups in total. The van der Waals surface area contributed by atoms with Crippen LogP contribution < -0.4 is 4.90 Å². The molecule has 0 radical (unpaired) electrons. The highest BCUT2D eigenvalue weighted by molar-refractivity contribution is 5.87. The molecule has 0 saturated heterocycles. The molecule has 1 aliphatic heterocycles. The maximum atomic E-state index is 4.04. The summed E-state index contributed by atoms with van der Waals surface area (Å²) in [6.07, 6.45) is 17.1. The predicted octanol–water partition coefficient (Wildman–Crippen LogP) is 5.81. The minimum absolute atomic E-state index is 0.147. The van der Waals surface area contributed by atoms with Crippen LogP contribution in [0.4, 0.5) is 5.69 Å². The van der Waals surface area contributed by atoms with Gasteiger partial charge in [0.2, 0.25) is 0 Å². The Morgan fingerprint density at radius 2 is 2.04 bits per heavy atom. The number of anilines is 1. The quantitative estimate of drug-likeness (QED) is 0.634. The first kappa shape index (κ1) is 15.4. The molecule has 0 saturated carbocycles. The fraction of sp³-hybridized carbons (Fsp3) is 0.182. The lowest BCUT2D eigenvalue weighted by molar-refractivity contribution is 0.855. The largest absolute Gasteiger partial charge is 0.334 e. The van der Waals surface area contributed by atoms with Crippen LogP contribution in [-0.4, -0.2) is 6.04 Å². The number of fused-ring (bicyclic) bond motifs is 1. The summed E-state index contributed by atoms with van der Waals surface area (Å²) in [5.41, 5.74) is 6.29. The van der Waals surface area contributed by atoms with Gasteiger partial charge in [-0.1, -0.05) is 62.1 Å². The van der Waals surface area contributed by atoms with Gasteiger partial charge in [0.1, 0.15) is 0 Å². The molecule has 0 fully saturated rings. The summed E-state index contributed by atoms with van der Waals surface area (Å²) in [6, 6.07) is 8.67. The van der Waals surface area contributed by atoms with Crippen molar-refractivity contribution in [3.8, 4) is 0 Å². The Labute approximate surface area is 139 Å². The number of benzene rings is 1. The van der Waals surface area contributed by atoms with Crippen LogP contribution in [-0.2, 0) is 0 Å². The van der Waals surface area contributed by atoms with E-state index in [4.69, 9.17) is 0 Å². The van der Waals surface area contributed by atoms with Crippen LogP contribution >= 0.6 is 0 Å². The highest BCUT2D eigenvalue weighted by Crippen LogP contribution is 2.38. The van der Waals surface area contributed by atoms with Crippen molar-refractivity contribution in [2.45, 2.75) is 25.8 Å². The number of hydrogen-bond donors (Lipinski definition) is 0. The van der Waals surface area contributed by atoms with Crippen molar-refractivity contribution < 1.29 is 0 Å². The average molecular weight is 301 g/mol. The Kier molecular flexibility index (Phi) is 4.47. The minimum atomic E-state index is 0.147. The molecule has 0 amide bonds. The Bertz CT molecular complexity index is 743. The highest BCUT2D eigenvalue weighted by atomic mass is 15.2. The van der Waals surface area contributed by atoms with Gasteiger partial charge in [0.05, 0.1) is 6.04 Å². The topological polar surface area (TPSA) is 3.24 Å². The molecule has 1 aliphatic carbocycles. The van der Waals surface area contributed by atoms with Crippen LogP contribution in [0.3, 0.4) is 0 Å². The second-order valence-electron chi connectivity index (χ2n) is 5.80. The average Bonchev–Trinajstić information content (AvgIpc) is 2.85. The fourth-order valence-electron chi connectivity index (χ4n) is 3.21. The third-order valence-electron chi connectivity index (χ3n) is 4.45. The lowest BCUT2D eigenvalue weighted by Crippen LogP contribution is -2.34. The van der Waals surface area contributed by atoms with Crippen LogP contribution in [0, 0.1) is 0 Å². The summed E-state index contributed by atoms with van der Waals surface area (Å²) in [5, 5.41) is 0. The van der Waals surface area contributed by atoms with E-state index in [0.717, 1.165) is 12.8 Å². The lowest BCUT2D eigenvalue weighted by Gasteiger charge is -2.37. The van der Waals surface area contributed by atoms with Gasteiger partial charge in [0, 0.05) is 23.4 Å². The molecule has 1 aromatic rings. The maximum absolute atomic E-state index is 4.04. The third-order valence-corrected chi connectivity index (χ3v) is 4.45. The minimum Gasteiger partial charge on any atom is -0.334 e. The first-order valence-corrected chi connectivity index (χ1v) is 8.20. The monoisotopic (exact) mass is 301 g/mol. The van der Waals surface area contributed by atoms with Gasteiger partial charge in [-0.2, -0.15) is 0 Å². The van der Waals surface area contributed by atoms with E-state index in [-0.39, 0.29) is 6.04 Å². The molecule has 1 aromatic carbocycles. The Hall–Kier alpha value is -2.54. The van der Waals surface area contributed by atoms with Crippen LogP contribution in [0.1, 0.15) is 25.3 Å². The number of allylic oxidation sites excluding steroid dienone is 7. The first-order chi connectivity index (χ1) is 11.3. The van der Waals surface area contributed by atoms with E-state index >= 15 is 0 Å². The number of rotatable bonds is 4. The van der Waals surface area contributed by atoms with E-state index in [1.54, 1.807) is 0 Å². The zero-order chi connectivity index (χ0) is 16.2. The van der Waals surface area contributed by atoms with E-state index in [1.807, 2.05) is 12.2 Å². The Morgan fingerprint density at radius 1 is 1.22 bits per heavy atom. The molecule has 1 heterocycles. The Morgan fingerprint density at radius 3 is 2.78 bits per heavy atom. The van der Waals surface area contributed by atoms with E-state index in [1.165, 1.54) is 28.1 Å². The predicted molar refractivity (Wildman–Crippen MR) is 101 cm³/mol. The molecule has 0 bridgehead atoms. The van der Waals surface area contributed by atoms with E-state index in [0.29, 0.717) is 0 Å². The van der Waals surface area contributed by atoms with Gasteiger partial charge >= 0.3 is 0 Å². The molecule has 23 heavy (non-hydrogen) atoms. The number of hydrogen-bond acceptors (Lipinski definition) is 1. The van der Waals surface area contributed by atoms with Crippen molar-refractivity contribution in [2.75, 3.05) is 4.90 Å². The van der Waals surface area contributed by atoms with Gasteiger partial charge in [0.25, 0.3) is 0 Å². The third kappa shape index (κ3) is 2.87. The van der Waals surface area contributed by atoms with Crippen molar-refractivity contribution in [1.29, 1.82) is 0 Å². The van der Waals surface area contributed by atoms with Crippen molar-refractivity contribution in [2.24, 2.45) is 0 Å². The summed E-state index contributed by atoms with van der Waals surface area (Å²) in [6.45, 7) is 10.2. The first-order valence-electron chi connectivity index (χ1n) is 8.20. The fourth-order valence-corrected chi connectivity index (χ4v) is 3.21. The normalized spacial score (nSPS) is 20.0. The standard InChI is InChI=1S/C22H23N/c1-4-17-10-9-11-20(15-14-17)23-19(6-3)16-18(5-2)21-12-7-8-13-22(21)23/h5-10,12-16,19H,2-4,11H2,1H3. The molecular formula is C22H23N. The second-order valence-corrected chi connectivity index (χ2v) is 5.80. The van der Waals surface area contributed by atoms with Gasteiger partial charge in [-0.15, -0.1) is 6.58 Å². The lowest BCUT2D eigenvalue weighted by atomic mass is 9.94. The molecule has 0 aromatic heterocycles. The molecule has 2 aliphatic rings. The molecule has 1 heteroatoms. The molecule has 3 rings (SSSR count). The SMILES string of the molecule is C=CC1=CC(C=C)N(C2=CC=C(CC)C=CC2)c2ccccc21. The van der Waals surface area contributed by atoms with E-state index in [2.05, 4.69) is 79.6 Å². The van der Waals surface area contributed by atoms with Gasteiger partial charge < -0.3 is 4.90 Å². The smallest absolute Gasteiger partial charge is 0.0709 e. The highest BCUT2D eigenvalue weighted by Gasteiger charge is 2.25. The molecule has 1 atom stereocenters. The summed E-state index contributed by atoms with van der Waals surface area (Å²) in [4.78, 5) is 2.38. The molecule has 1 nitrogen and oxygen atoms in total. The zero-order valence-corrected chi connectivity index (χ0v) is 13.7. The maximum Gasteiger partial charge on any atom is 0.0709 e. The molecule has 0 spiro atoms. The van der Waals surface area contributed by atoms with E-state index in [9.17, 15) is 0 Å². The van der Waals surface area contributed by atoms with Gasteiger partial charge in [-0.05, 0) is 35.8 Å². The van der Waals surface area contributed by atoms with Crippen molar-refractivity contribution in [3.05, 3.63) is 96.8 Å². The summed E-state index contributed by atoms with van der Waals surface area (Å²) in [7, 11) is 0. The number of nitrogens with zero attached hydrogens (tertiary/aromatic N) is 1. The summed E-state index contributed by atoms with van der Waals surface area (Å²) >= 11 is 0. The summed E-state index contributed by atoms with van der Waals surface area (Å²) < 4.78 is 0. The van der Waals surface area contributed by atoms with Gasteiger partial charge in [-0.3, -0.25) is 0 Å². The van der Waals surface area contributed by atoms with Crippen molar-refractivity contribution in [3.63, 3.8) is 0 Å². The van der Waals surface area contributed by atoms with Gasteiger partial charge in [-0.25, -0.2) is 0 Å². The molecule has 1 unspecified atom stereocenters. The van der Waals surface area contributed by atoms with Crippen LogP contribution in [0.15, 0.2) is 91.2 Å². The van der Waals surface area contributed by atoms with Crippen LogP contribution in [0.5, 0.6) is 0 Å². The van der Waals surface area contributed by atoms with Crippen LogP contribution in [0.25, 0.3) is 5.57 Å².